The quantitative estimate of drug-likeness (QED) is 0.375. The van der Waals surface area contributed by atoms with Crippen LogP contribution in [0.1, 0.15) is 15.9 Å². The number of nitrogens with zero attached hydrogens (tertiary/aromatic N) is 2. The van der Waals surface area contributed by atoms with Crippen molar-refractivity contribution in [3.63, 3.8) is 0 Å². The van der Waals surface area contributed by atoms with Crippen LogP contribution in [0.25, 0.3) is 0 Å². The Morgan fingerprint density at radius 2 is 2.21 bits per heavy atom. The van der Waals surface area contributed by atoms with Gasteiger partial charge in [-0.3, -0.25) is 0 Å². The number of pyridine rings is 1. The Morgan fingerprint density at radius 3 is 2.95 bits per heavy atom. The second-order valence-corrected chi connectivity index (χ2v) is 3.87. The minimum Gasteiger partial charge on any atom is -0.313 e. The van der Waals surface area contributed by atoms with Gasteiger partial charge in [0.25, 0.3) is 0 Å². The van der Waals surface area contributed by atoms with Crippen molar-refractivity contribution in [2.45, 2.75) is 0 Å². The number of carbonyl (C=O) groups is 1. The van der Waals surface area contributed by atoms with Gasteiger partial charge >= 0.3 is 5.97 Å². The molecule has 0 N–H and O–H groups in total. The van der Waals surface area contributed by atoms with Gasteiger partial charge in [0.2, 0.25) is 0 Å². The van der Waals surface area contributed by atoms with E-state index in [0.29, 0.717) is 5.56 Å². The number of benzene rings is 1. The predicted molar refractivity (Wildman–Crippen MR) is 68.7 cm³/mol. The van der Waals surface area contributed by atoms with Gasteiger partial charge in [-0.15, -0.1) is 0 Å². The molecule has 0 aliphatic rings. The summed E-state index contributed by atoms with van der Waals surface area (Å²) < 4.78 is 12.9. The smallest absolute Gasteiger partial charge is 0.313 e. The molecule has 0 radical (unpaired) electrons. The second-order valence-electron chi connectivity index (χ2n) is 3.51. The van der Waals surface area contributed by atoms with Crippen molar-refractivity contribution in [1.29, 1.82) is 0 Å². The van der Waals surface area contributed by atoms with E-state index in [9.17, 15) is 9.18 Å². The van der Waals surface area contributed by atoms with Crippen LogP contribution in [0.15, 0.2) is 47.8 Å². The van der Waals surface area contributed by atoms with Gasteiger partial charge in [-0.2, -0.15) is 0 Å². The fraction of sp³-hybridized carbons (Fsp3) is 0. The maximum atomic E-state index is 12.9. The van der Waals surface area contributed by atoms with E-state index in [0.717, 1.165) is 0 Å². The number of oxime groups is 1. The molecule has 2 rings (SSSR count). The van der Waals surface area contributed by atoms with Crippen LogP contribution in [-0.2, 0) is 4.84 Å². The summed E-state index contributed by atoms with van der Waals surface area (Å²) in [6.07, 6.45) is 2.68. The molecule has 0 bridgehead atoms. The first kappa shape index (κ1) is 13.2. The summed E-state index contributed by atoms with van der Waals surface area (Å²) in [6.45, 7) is 0. The van der Waals surface area contributed by atoms with Gasteiger partial charge in [0.1, 0.15) is 11.0 Å². The van der Waals surface area contributed by atoms with E-state index in [2.05, 4.69) is 15.0 Å². The number of aromatic nitrogens is 1. The van der Waals surface area contributed by atoms with Crippen LogP contribution in [0.5, 0.6) is 0 Å². The van der Waals surface area contributed by atoms with Crippen LogP contribution < -0.4 is 0 Å². The molecule has 0 saturated carbocycles. The summed E-state index contributed by atoms with van der Waals surface area (Å²) in [6, 6.07) is 8.73. The molecule has 6 heteroatoms. The minimum atomic E-state index is -0.731. The maximum absolute atomic E-state index is 12.9. The van der Waals surface area contributed by atoms with Crippen molar-refractivity contribution >= 4 is 23.8 Å². The first-order valence-corrected chi connectivity index (χ1v) is 5.65. The SMILES string of the molecule is O=C(ON=Cc1cccc(F)c1)c1cccnc1Cl. The molecule has 2 aromatic rings. The van der Waals surface area contributed by atoms with Crippen molar-refractivity contribution in [2.75, 3.05) is 0 Å². The number of hydrogen-bond acceptors (Lipinski definition) is 4. The van der Waals surface area contributed by atoms with Crippen molar-refractivity contribution < 1.29 is 14.0 Å². The van der Waals surface area contributed by atoms with E-state index in [1.807, 2.05) is 0 Å². The van der Waals surface area contributed by atoms with E-state index in [1.54, 1.807) is 12.1 Å². The Labute approximate surface area is 113 Å². The molecule has 1 aromatic carbocycles. The zero-order valence-electron chi connectivity index (χ0n) is 9.59. The fourth-order valence-electron chi connectivity index (χ4n) is 1.31. The summed E-state index contributed by atoms with van der Waals surface area (Å²) >= 11 is 5.72. The first-order chi connectivity index (χ1) is 9.16. The highest BCUT2D eigenvalue weighted by Crippen LogP contribution is 2.12. The molecule has 4 nitrogen and oxygen atoms in total. The monoisotopic (exact) mass is 278 g/mol. The molecule has 1 heterocycles. The van der Waals surface area contributed by atoms with Crippen LogP contribution in [0.3, 0.4) is 0 Å². The molecular weight excluding hydrogens is 271 g/mol. The average Bonchev–Trinajstić information content (AvgIpc) is 2.39. The molecule has 0 unspecified atom stereocenters. The standard InChI is InChI=1S/C13H8ClFN2O2/c14-12-11(5-2-6-16-12)13(18)19-17-8-9-3-1-4-10(15)7-9/h1-8H. The number of rotatable bonds is 3. The molecule has 0 aliphatic heterocycles. The van der Waals surface area contributed by atoms with Gasteiger partial charge in [0, 0.05) is 6.20 Å². The van der Waals surface area contributed by atoms with Gasteiger partial charge in [-0.25, -0.2) is 14.2 Å². The molecule has 1 aromatic heterocycles. The highest BCUT2D eigenvalue weighted by Gasteiger charge is 2.11. The van der Waals surface area contributed by atoms with Gasteiger partial charge in [0.05, 0.1) is 11.8 Å². The molecule has 0 fully saturated rings. The predicted octanol–water partition coefficient (Wildman–Crippen LogP) is 3.07. The summed E-state index contributed by atoms with van der Waals surface area (Å²) in [7, 11) is 0. The molecule has 0 spiro atoms. The van der Waals surface area contributed by atoms with Gasteiger partial charge in [0.15, 0.2) is 0 Å². The number of halogens is 2. The van der Waals surface area contributed by atoms with Crippen LogP contribution in [-0.4, -0.2) is 17.2 Å². The third-order valence-electron chi connectivity index (χ3n) is 2.17. The van der Waals surface area contributed by atoms with Crippen LogP contribution in [0.4, 0.5) is 4.39 Å². The molecule has 0 atom stereocenters. The Hall–Kier alpha value is -2.27. The molecule has 0 saturated heterocycles. The van der Waals surface area contributed by atoms with E-state index in [4.69, 9.17) is 11.6 Å². The zero-order chi connectivity index (χ0) is 13.7. The summed E-state index contributed by atoms with van der Waals surface area (Å²) in [5.74, 6) is -1.13. The van der Waals surface area contributed by atoms with E-state index in [1.165, 1.54) is 36.7 Å². The van der Waals surface area contributed by atoms with Crippen LogP contribution >= 0.6 is 11.6 Å². The van der Waals surface area contributed by atoms with Crippen LogP contribution in [0.2, 0.25) is 5.15 Å². The lowest BCUT2D eigenvalue weighted by atomic mass is 10.2. The lowest BCUT2D eigenvalue weighted by molar-refractivity contribution is 0.0519. The van der Waals surface area contributed by atoms with E-state index < -0.39 is 11.8 Å². The fourth-order valence-corrected chi connectivity index (χ4v) is 1.51. The molecule has 19 heavy (non-hydrogen) atoms. The second kappa shape index (κ2) is 6.06. The van der Waals surface area contributed by atoms with E-state index >= 15 is 0 Å². The average molecular weight is 279 g/mol. The third-order valence-corrected chi connectivity index (χ3v) is 2.47. The zero-order valence-corrected chi connectivity index (χ0v) is 10.3. The van der Waals surface area contributed by atoms with Gasteiger partial charge in [-0.1, -0.05) is 28.9 Å². The molecular formula is C13H8ClFN2O2. The van der Waals surface area contributed by atoms with Crippen molar-refractivity contribution in [3.05, 3.63) is 64.7 Å². The summed E-state index contributed by atoms with van der Waals surface area (Å²) in [4.78, 5) is 20.0. The van der Waals surface area contributed by atoms with Crippen molar-refractivity contribution in [1.82, 2.24) is 4.98 Å². The lowest BCUT2D eigenvalue weighted by Crippen LogP contribution is -2.02. The van der Waals surface area contributed by atoms with Crippen molar-refractivity contribution in [3.8, 4) is 0 Å². The number of hydrogen-bond donors (Lipinski definition) is 0. The Morgan fingerprint density at radius 1 is 1.37 bits per heavy atom. The molecule has 0 aliphatic carbocycles. The highest BCUT2D eigenvalue weighted by molar-refractivity contribution is 6.32. The van der Waals surface area contributed by atoms with Crippen molar-refractivity contribution in [2.24, 2.45) is 5.16 Å². The van der Waals surface area contributed by atoms with E-state index in [-0.39, 0.29) is 10.7 Å². The van der Waals surface area contributed by atoms with Gasteiger partial charge in [-0.05, 0) is 29.8 Å². The Kier molecular flexibility index (Phi) is 4.20. The third kappa shape index (κ3) is 3.59. The highest BCUT2D eigenvalue weighted by atomic mass is 35.5. The summed E-state index contributed by atoms with van der Waals surface area (Å²) in [5, 5.41) is 3.51. The largest absolute Gasteiger partial charge is 0.368 e. The minimum absolute atomic E-state index is 0.0356. The number of carbonyl (C=O) groups excluding carboxylic acids is 1. The Bertz CT molecular complexity index is 632. The normalized spacial score (nSPS) is 10.6. The molecule has 96 valence electrons. The summed E-state index contributed by atoms with van der Waals surface area (Å²) in [5.41, 5.74) is 0.589. The lowest BCUT2D eigenvalue weighted by Gasteiger charge is -1.99. The van der Waals surface area contributed by atoms with Crippen LogP contribution in [0, 0.1) is 5.82 Å². The Balaban J connectivity index is 2.03. The first-order valence-electron chi connectivity index (χ1n) is 5.27. The van der Waals surface area contributed by atoms with Gasteiger partial charge < -0.3 is 4.84 Å². The molecule has 0 amide bonds. The maximum Gasteiger partial charge on any atom is 0.368 e. The topological polar surface area (TPSA) is 51.5 Å².